The molecule has 0 amide bonds. The standard InChI is InChI=1S/C10H13N/c1-11(2)9-8-10-6-4-3-5-7-10/h3-9H,1-2H3. The molecule has 1 rings (SSSR count). The zero-order chi connectivity index (χ0) is 8.10. The lowest BCUT2D eigenvalue weighted by molar-refractivity contribution is 0.513. The molecular weight excluding hydrogens is 134 g/mol. The van der Waals surface area contributed by atoms with Crippen LogP contribution in [0.4, 0.5) is 0 Å². The van der Waals surface area contributed by atoms with Gasteiger partial charge in [-0.3, -0.25) is 0 Å². The van der Waals surface area contributed by atoms with E-state index < -0.39 is 0 Å². The first kappa shape index (κ1) is 8.28. The van der Waals surface area contributed by atoms with Crippen molar-refractivity contribution in [3.05, 3.63) is 48.9 Å². The summed E-state index contributed by atoms with van der Waals surface area (Å²) >= 11 is 0. The molecule has 0 aliphatic carbocycles. The third-order valence-electron chi connectivity index (χ3n) is 1.36. The first-order valence-corrected chi connectivity index (χ1v) is 3.69. The Balaban J connectivity index is 2.39. The zero-order valence-electron chi connectivity index (χ0n) is 6.99. The third-order valence-corrected chi connectivity index (χ3v) is 1.36. The van der Waals surface area contributed by atoms with Crippen LogP contribution in [-0.4, -0.2) is 19.0 Å². The molecule has 0 bridgehead atoms. The molecular formula is C10H13N. The molecule has 0 N–H and O–H groups in total. The molecule has 0 saturated carbocycles. The highest BCUT2D eigenvalue weighted by Gasteiger charge is 1.92. The first-order chi connectivity index (χ1) is 5.29. The van der Waals surface area contributed by atoms with E-state index in [2.05, 4.69) is 18.6 Å². The van der Waals surface area contributed by atoms with Crippen LogP contribution in [-0.2, 0) is 0 Å². The first-order valence-electron chi connectivity index (χ1n) is 3.69. The van der Waals surface area contributed by atoms with Crippen LogP contribution in [0.25, 0.3) is 0 Å². The summed E-state index contributed by atoms with van der Waals surface area (Å²) in [6.45, 7) is 2.04. The molecule has 11 heavy (non-hydrogen) atoms. The van der Waals surface area contributed by atoms with E-state index >= 15 is 0 Å². The van der Waals surface area contributed by atoms with E-state index in [-0.39, 0.29) is 0 Å². The van der Waals surface area contributed by atoms with Gasteiger partial charge in [0.1, 0.15) is 0 Å². The van der Waals surface area contributed by atoms with Gasteiger partial charge in [-0.25, -0.2) is 0 Å². The number of benzene rings is 1. The fourth-order valence-corrected chi connectivity index (χ4v) is 0.799. The average Bonchev–Trinajstić information content (AvgIpc) is 2.03. The van der Waals surface area contributed by atoms with E-state index in [1.165, 1.54) is 5.56 Å². The van der Waals surface area contributed by atoms with Crippen molar-refractivity contribution < 1.29 is 0 Å². The highest BCUT2D eigenvalue weighted by molar-refractivity contribution is 5.24. The van der Waals surface area contributed by atoms with Crippen molar-refractivity contribution in [2.45, 2.75) is 0 Å². The molecule has 0 fully saturated rings. The summed E-state index contributed by atoms with van der Waals surface area (Å²) < 4.78 is 0. The van der Waals surface area contributed by atoms with Gasteiger partial charge >= 0.3 is 0 Å². The molecule has 0 aliphatic heterocycles. The second kappa shape index (κ2) is 4.14. The number of hydrogen-bond acceptors (Lipinski definition) is 1. The van der Waals surface area contributed by atoms with Gasteiger partial charge in [0.25, 0.3) is 0 Å². The summed E-state index contributed by atoms with van der Waals surface area (Å²) in [4.78, 5) is 2.02. The minimum absolute atomic E-state index is 1.24. The largest absolute Gasteiger partial charge is 0.304 e. The maximum absolute atomic E-state index is 2.08. The molecule has 1 aromatic carbocycles. The number of nitrogens with zero attached hydrogens (tertiary/aromatic N) is 1. The second-order valence-corrected chi connectivity index (χ2v) is 2.69. The van der Waals surface area contributed by atoms with Crippen molar-refractivity contribution in [1.29, 1.82) is 0 Å². The quantitative estimate of drug-likeness (QED) is 0.631. The normalized spacial score (nSPS) is 10.5. The molecule has 58 valence electrons. The SMILES string of the molecule is CN(C)[CH][CH]c1ccccc1. The minimum Gasteiger partial charge on any atom is -0.304 e. The second-order valence-electron chi connectivity index (χ2n) is 2.69. The predicted molar refractivity (Wildman–Crippen MR) is 47.8 cm³/mol. The van der Waals surface area contributed by atoms with Crippen molar-refractivity contribution in [1.82, 2.24) is 4.90 Å². The summed E-state index contributed by atoms with van der Waals surface area (Å²) in [5.74, 6) is 0. The Labute approximate surface area is 68.7 Å². The number of rotatable bonds is 3. The lowest BCUT2D eigenvalue weighted by Gasteiger charge is -2.07. The maximum atomic E-state index is 2.08. The third kappa shape index (κ3) is 3.19. The summed E-state index contributed by atoms with van der Waals surface area (Å²) in [6.07, 6.45) is 2.08. The van der Waals surface area contributed by atoms with Gasteiger partial charge in [0.05, 0.1) is 0 Å². The van der Waals surface area contributed by atoms with Crippen LogP contribution in [0.1, 0.15) is 5.56 Å². The summed E-state index contributed by atoms with van der Waals surface area (Å²) in [5.41, 5.74) is 1.24. The van der Waals surface area contributed by atoms with Crippen molar-refractivity contribution >= 4 is 0 Å². The van der Waals surface area contributed by atoms with E-state index in [9.17, 15) is 0 Å². The Hall–Kier alpha value is -0.820. The van der Waals surface area contributed by atoms with E-state index in [1.54, 1.807) is 0 Å². The van der Waals surface area contributed by atoms with E-state index in [4.69, 9.17) is 0 Å². The average molecular weight is 147 g/mol. The highest BCUT2D eigenvalue weighted by atomic mass is 15.0. The summed E-state index contributed by atoms with van der Waals surface area (Å²) in [5, 5.41) is 0. The molecule has 0 saturated heterocycles. The van der Waals surface area contributed by atoms with Crippen LogP contribution in [0.2, 0.25) is 0 Å². The smallest absolute Gasteiger partial charge is 0.0326 e. The Morgan fingerprint density at radius 3 is 2.27 bits per heavy atom. The van der Waals surface area contributed by atoms with Crippen LogP contribution in [0.15, 0.2) is 30.3 Å². The lowest BCUT2D eigenvalue weighted by Crippen LogP contribution is -2.07. The summed E-state index contributed by atoms with van der Waals surface area (Å²) in [7, 11) is 4.03. The predicted octanol–water partition coefficient (Wildman–Crippen LogP) is 1.96. The Morgan fingerprint density at radius 1 is 1.09 bits per heavy atom. The fraction of sp³-hybridized carbons (Fsp3) is 0.200. The Bertz CT molecular complexity index is 191. The van der Waals surface area contributed by atoms with Crippen LogP contribution >= 0.6 is 0 Å². The number of likely N-dealkylation sites (N-methyl/N-ethyl adjacent to an activating group) is 1. The van der Waals surface area contributed by atoms with Crippen LogP contribution in [0, 0.1) is 13.0 Å². The van der Waals surface area contributed by atoms with Crippen molar-refractivity contribution in [2.24, 2.45) is 0 Å². The molecule has 0 aromatic heterocycles. The van der Waals surface area contributed by atoms with E-state index in [0.29, 0.717) is 0 Å². The molecule has 0 atom stereocenters. The molecule has 0 aliphatic rings. The van der Waals surface area contributed by atoms with Crippen LogP contribution in [0.3, 0.4) is 0 Å². The van der Waals surface area contributed by atoms with Gasteiger partial charge in [-0.1, -0.05) is 30.3 Å². The minimum atomic E-state index is 1.24. The van der Waals surface area contributed by atoms with Gasteiger partial charge in [-0.05, 0) is 19.7 Å². The van der Waals surface area contributed by atoms with Gasteiger partial charge in [0.2, 0.25) is 0 Å². The molecule has 0 spiro atoms. The Kier molecular flexibility index (Phi) is 3.12. The molecule has 1 aromatic rings. The molecule has 1 nitrogen and oxygen atoms in total. The Morgan fingerprint density at radius 2 is 1.73 bits per heavy atom. The van der Waals surface area contributed by atoms with Gasteiger partial charge < -0.3 is 4.90 Å². The molecule has 2 radical (unpaired) electrons. The van der Waals surface area contributed by atoms with E-state index in [1.807, 2.05) is 43.7 Å². The van der Waals surface area contributed by atoms with Crippen molar-refractivity contribution in [2.75, 3.05) is 14.1 Å². The van der Waals surface area contributed by atoms with Crippen molar-refractivity contribution in [3.8, 4) is 0 Å². The van der Waals surface area contributed by atoms with Crippen LogP contribution < -0.4 is 0 Å². The highest BCUT2D eigenvalue weighted by Crippen LogP contribution is 2.04. The van der Waals surface area contributed by atoms with Gasteiger partial charge in [0.15, 0.2) is 0 Å². The number of hydrogen-bond donors (Lipinski definition) is 0. The van der Waals surface area contributed by atoms with Crippen molar-refractivity contribution in [3.63, 3.8) is 0 Å². The van der Waals surface area contributed by atoms with Gasteiger partial charge in [-0.15, -0.1) is 0 Å². The summed E-state index contributed by atoms with van der Waals surface area (Å²) in [6, 6.07) is 10.3. The van der Waals surface area contributed by atoms with Gasteiger partial charge in [0, 0.05) is 13.0 Å². The van der Waals surface area contributed by atoms with E-state index in [0.717, 1.165) is 0 Å². The monoisotopic (exact) mass is 147 g/mol. The zero-order valence-corrected chi connectivity index (χ0v) is 6.99. The molecule has 1 heteroatoms. The molecule has 0 unspecified atom stereocenters. The molecule has 0 heterocycles. The lowest BCUT2D eigenvalue weighted by atomic mass is 10.1. The fourth-order valence-electron chi connectivity index (χ4n) is 0.799. The van der Waals surface area contributed by atoms with Gasteiger partial charge in [-0.2, -0.15) is 0 Å². The maximum Gasteiger partial charge on any atom is 0.0326 e. The van der Waals surface area contributed by atoms with Crippen LogP contribution in [0.5, 0.6) is 0 Å². The topological polar surface area (TPSA) is 3.24 Å².